The van der Waals surface area contributed by atoms with E-state index in [0.29, 0.717) is 23.9 Å². The number of amides is 1. The molecule has 0 bridgehead atoms. The lowest BCUT2D eigenvalue weighted by Crippen LogP contribution is -2.37. The highest BCUT2D eigenvalue weighted by atomic mass is 32.2. The number of nitrogens with one attached hydrogen (secondary N) is 1. The lowest BCUT2D eigenvalue weighted by molar-refractivity contribution is -0.139. The third-order valence-electron chi connectivity index (χ3n) is 2.28. The molecule has 2 aromatic heterocycles. The van der Waals surface area contributed by atoms with Crippen molar-refractivity contribution in [3.05, 3.63) is 23.4 Å². The SMILES string of the molecule is O=CNC(CSCc1nnc(-c2cccs2)o1)C(=O)O. The molecule has 106 valence electrons. The summed E-state index contributed by atoms with van der Waals surface area (Å²) in [7, 11) is 0. The van der Waals surface area contributed by atoms with Crippen LogP contribution in [0, 0.1) is 0 Å². The Kier molecular flexibility index (Phi) is 5.13. The standard InChI is InChI=1S/C11H11N3O4S2/c15-6-12-7(11(16)17)4-19-5-9-13-14-10(18-9)8-2-1-3-20-8/h1-3,6-7H,4-5H2,(H,12,15)(H,16,17). The van der Waals surface area contributed by atoms with Crippen molar-refractivity contribution >= 4 is 35.5 Å². The van der Waals surface area contributed by atoms with Crippen LogP contribution in [0.1, 0.15) is 5.89 Å². The molecule has 0 aromatic carbocycles. The van der Waals surface area contributed by atoms with E-state index in [2.05, 4.69) is 15.5 Å². The van der Waals surface area contributed by atoms with Gasteiger partial charge in [-0.15, -0.1) is 33.3 Å². The first-order valence-corrected chi connectivity index (χ1v) is 7.60. The van der Waals surface area contributed by atoms with E-state index >= 15 is 0 Å². The molecule has 0 aliphatic carbocycles. The van der Waals surface area contributed by atoms with Gasteiger partial charge >= 0.3 is 5.97 Å². The average Bonchev–Trinajstić information content (AvgIpc) is 3.08. The van der Waals surface area contributed by atoms with Gasteiger partial charge in [-0.3, -0.25) is 4.79 Å². The molecule has 7 nitrogen and oxygen atoms in total. The molecule has 0 saturated carbocycles. The van der Waals surface area contributed by atoms with Crippen molar-refractivity contribution < 1.29 is 19.1 Å². The first kappa shape index (κ1) is 14.5. The van der Waals surface area contributed by atoms with Gasteiger partial charge in [-0.2, -0.15) is 0 Å². The maximum atomic E-state index is 10.8. The Bertz CT molecular complexity index is 570. The smallest absolute Gasteiger partial charge is 0.327 e. The monoisotopic (exact) mass is 313 g/mol. The first-order chi connectivity index (χ1) is 9.70. The van der Waals surface area contributed by atoms with Crippen LogP contribution >= 0.6 is 23.1 Å². The van der Waals surface area contributed by atoms with Crippen LogP contribution in [0.15, 0.2) is 21.9 Å². The second kappa shape index (κ2) is 7.06. The largest absolute Gasteiger partial charge is 0.480 e. The van der Waals surface area contributed by atoms with Crippen molar-refractivity contribution in [3.8, 4) is 10.8 Å². The fourth-order valence-corrected chi connectivity index (χ4v) is 2.88. The Morgan fingerprint density at radius 3 is 3.10 bits per heavy atom. The van der Waals surface area contributed by atoms with E-state index in [1.54, 1.807) is 0 Å². The van der Waals surface area contributed by atoms with E-state index < -0.39 is 12.0 Å². The highest BCUT2D eigenvalue weighted by molar-refractivity contribution is 7.98. The number of aliphatic carboxylic acids is 1. The molecule has 9 heteroatoms. The molecule has 20 heavy (non-hydrogen) atoms. The third kappa shape index (κ3) is 3.81. The summed E-state index contributed by atoms with van der Waals surface area (Å²) in [6.07, 6.45) is 0.376. The molecule has 1 unspecified atom stereocenters. The second-order valence-corrected chi connectivity index (χ2v) is 5.65. The Labute approximate surface area is 122 Å². The molecule has 2 rings (SSSR count). The van der Waals surface area contributed by atoms with E-state index in [9.17, 15) is 9.59 Å². The quantitative estimate of drug-likeness (QED) is 0.706. The molecule has 0 aliphatic heterocycles. The zero-order valence-electron chi connectivity index (χ0n) is 10.2. The van der Waals surface area contributed by atoms with Gasteiger partial charge in [0.2, 0.25) is 12.3 Å². The van der Waals surface area contributed by atoms with Crippen LogP contribution in [0.5, 0.6) is 0 Å². The molecule has 2 aromatic rings. The summed E-state index contributed by atoms with van der Waals surface area (Å²) in [6.45, 7) is 0. The predicted octanol–water partition coefficient (Wildman–Crippen LogP) is 1.23. The van der Waals surface area contributed by atoms with E-state index in [4.69, 9.17) is 9.52 Å². The zero-order valence-corrected chi connectivity index (χ0v) is 11.8. The lowest BCUT2D eigenvalue weighted by atomic mass is 10.3. The predicted molar refractivity (Wildman–Crippen MR) is 74.4 cm³/mol. The van der Waals surface area contributed by atoms with Crippen molar-refractivity contribution in [2.75, 3.05) is 5.75 Å². The first-order valence-electron chi connectivity index (χ1n) is 5.57. The average molecular weight is 313 g/mol. The number of carbonyl (C=O) groups is 2. The number of aromatic nitrogens is 2. The second-order valence-electron chi connectivity index (χ2n) is 3.67. The molecule has 2 heterocycles. The molecule has 1 atom stereocenters. The van der Waals surface area contributed by atoms with Crippen molar-refractivity contribution in [3.63, 3.8) is 0 Å². The van der Waals surface area contributed by atoms with Crippen molar-refractivity contribution in [1.29, 1.82) is 0 Å². The lowest BCUT2D eigenvalue weighted by Gasteiger charge is -2.09. The fourth-order valence-electron chi connectivity index (χ4n) is 1.35. The van der Waals surface area contributed by atoms with Crippen molar-refractivity contribution in [2.24, 2.45) is 0 Å². The van der Waals surface area contributed by atoms with E-state index in [1.807, 2.05) is 17.5 Å². The Morgan fingerprint density at radius 1 is 1.60 bits per heavy atom. The van der Waals surface area contributed by atoms with Gasteiger partial charge in [-0.05, 0) is 11.4 Å². The number of carboxylic acids is 1. The number of hydrogen-bond acceptors (Lipinski definition) is 7. The highest BCUT2D eigenvalue weighted by Crippen LogP contribution is 2.24. The zero-order chi connectivity index (χ0) is 14.4. The van der Waals surface area contributed by atoms with Gasteiger partial charge in [-0.1, -0.05) is 6.07 Å². The summed E-state index contributed by atoms with van der Waals surface area (Å²) in [6, 6.07) is 2.85. The van der Waals surface area contributed by atoms with Crippen molar-refractivity contribution in [2.45, 2.75) is 11.8 Å². The number of thiophene rings is 1. The summed E-state index contributed by atoms with van der Waals surface area (Å²) in [4.78, 5) is 22.0. The Morgan fingerprint density at radius 2 is 2.45 bits per heavy atom. The minimum atomic E-state index is -1.07. The van der Waals surface area contributed by atoms with Crippen LogP contribution in [0.2, 0.25) is 0 Å². The molecular formula is C11H11N3O4S2. The van der Waals surface area contributed by atoms with Gasteiger partial charge in [0.25, 0.3) is 5.89 Å². The van der Waals surface area contributed by atoms with Crippen LogP contribution in [0.3, 0.4) is 0 Å². The summed E-state index contributed by atoms with van der Waals surface area (Å²) in [5, 5.41) is 20.8. The molecule has 0 radical (unpaired) electrons. The number of rotatable bonds is 8. The van der Waals surface area contributed by atoms with Crippen LogP contribution in [0.4, 0.5) is 0 Å². The molecule has 2 N–H and O–H groups in total. The maximum Gasteiger partial charge on any atom is 0.327 e. The number of hydrogen-bond donors (Lipinski definition) is 2. The van der Waals surface area contributed by atoms with Gasteiger partial charge < -0.3 is 14.8 Å². The normalized spacial score (nSPS) is 12.0. The minimum absolute atomic E-state index is 0.227. The minimum Gasteiger partial charge on any atom is -0.480 e. The van der Waals surface area contributed by atoms with Gasteiger partial charge in [-0.25, -0.2) is 4.79 Å². The third-order valence-corrected chi connectivity index (χ3v) is 4.15. The van der Waals surface area contributed by atoms with Crippen LogP contribution < -0.4 is 5.32 Å². The Balaban J connectivity index is 1.85. The van der Waals surface area contributed by atoms with Gasteiger partial charge in [0.05, 0.1) is 10.6 Å². The number of thioether (sulfide) groups is 1. The molecule has 1 amide bonds. The molecule has 0 aliphatic rings. The molecular weight excluding hydrogens is 302 g/mol. The molecule has 0 saturated heterocycles. The number of carbonyl (C=O) groups excluding carboxylic acids is 1. The van der Waals surface area contributed by atoms with E-state index in [1.165, 1.54) is 23.1 Å². The van der Waals surface area contributed by atoms with Crippen molar-refractivity contribution in [1.82, 2.24) is 15.5 Å². The van der Waals surface area contributed by atoms with E-state index in [-0.39, 0.29) is 5.75 Å². The fraction of sp³-hybridized carbons (Fsp3) is 0.273. The number of nitrogens with zero attached hydrogens (tertiary/aromatic N) is 2. The molecule has 0 fully saturated rings. The summed E-state index contributed by atoms with van der Waals surface area (Å²) >= 11 is 2.80. The summed E-state index contributed by atoms with van der Waals surface area (Å²) in [5.74, 6) is 0.424. The topological polar surface area (TPSA) is 105 Å². The van der Waals surface area contributed by atoms with Gasteiger partial charge in [0.1, 0.15) is 6.04 Å². The highest BCUT2D eigenvalue weighted by Gasteiger charge is 2.17. The summed E-state index contributed by atoms with van der Waals surface area (Å²) < 4.78 is 5.46. The number of carboxylic acid groups (broad SMARTS) is 1. The van der Waals surface area contributed by atoms with Crippen LogP contribution in [0.25, 0.3) is 10.8 Å². The Hall–Kier alpha value is -1.87. The van der Waals surface area contributed by atoms with Crippen LogP contribution in [-0.4, -0.2) is 39.5 Å². The summed E-state index contributed by atoms with van der Waals surface area (Å²) in [5.41, 5.74) is 0. The van der Waals surface area contributed by atoms with Gasteiger partial charge in [0.15, 0.2) is 0 Å². The maximum absolute atomic E-state index is 10.8. The van der Waals surface area contributed by atoms with Gasteiger partial charge in [0, 0.05) is 5.75 Å². The van der Waals surface area contributed by atoms with Crippen LogP contribution in [-0.2, 0) is 15.3 Å². The molecule has 0 spiro atoms. The van der Waals surface area contributed by atoms with E-state index in [0.717, 1.165) is 4.88 Å².